The van der Waals surface area contributed by atoms with Crippen LogP contribution in [-0.2, 0) is 6.54 Å². The van der Waals surface area contributed by atoms with E-state index in [0.29, 0.717) is 27.5 Å². The summed E-state index contributed by atoms with van der Waals surface area (Å²) in [5, 5.41) is 18.9. The van der Waals surface area contributed by atoms with Crippen LogP contribution >= 0.6 is 11.8 Å². The third kappa shape index (κ3) is 4.46. The molecule has 0 aliphatic carbocycles. The van der Waals surface area contributed by atoms with Crippen molar-refractivity contribution in [3.05, 3.63) is 90.3 Å². The van der Waals surface area contributed by atoms with E-state index in [1.54, 1.807) is 47.1 Å². The van der Waals surface area contributed by atoms with Crippen LogP contribution in [-0.4, -0.2) is 30.0 Å². The Morgan fingerprint density at radius 1 is 1.00 bits per heavy atom. The molecule has 0 unspecified atom stereocenters. The Labute approximate surface area is 190 Å². The highest BCUT2D eigenvalue weighted by Crippen LogP contribution is 2.34. The Kier molecular flexibility index (Phi) is 5.57. The summed E-state index contributed by atoms with van der Waals surface area (Å²) in [4.78, 5) is 9.63. The molecule has 0 bridgehead atoms. The van der Waals surface area contributed by atoms with E-state index >= 15 is 0 Å². The molecule has 10 heteroatoms. The van der Waals surface area contributed by atoms with Gasteiger partial charge in [0.05, 0.1) is 17.1 Å². The van der Waals surface area contributed by atoms with Crippen molar-refractivity contribution in [1.29, 1.82) is 0 Å². The number of nitrogens with zero attached hydrogens (tertiary/aromatic N) is 5. The van der Waals surface area contributed by atoms with Gasteiger partial charge in [0.2, 0.25) is 5.88 Å². The number of aromatic nitrogens is 5. The second kappa shape index (κ2) is 8.83. The summed E-state index contributed by atoms with van der Waals surface area (Å²) in [7, 11) is 0. The predicted octanol–water partition coefficient (Wildman–Crippen LogP) is 5.18. The van der Waals surface area contributed by atoms with Gasteiger partial charge in [-0.2, -0.15) is 10.1 Å². The molecule has 0 atom stereocenters. The highest BCUT2D eigenvalue weighted by Gasteiger charge is 2.18. The van der Waals surface area contributed by atoms with Gasteiger partial charge in [0.1, 0.15) is 29.3 Å². The maximum absolute atomic E-state index is 14.2. The van der Waals surface area contributed by atoms with Crippen molar-refractivity contribution < 1.29 is 18.4 Å². The summed E-state index contributed by atoms with van der Waals surface area (Å²) in [5.41, 5.74) is 1.91. The highest BCUT2D eigenvalue weighted by molar-refractivity contribution is 7.99. The molecule has 5 rings (SSSR count). The Balaban J connectivity index is 1.48. The van der Waals surface area contributed by atoms with Gasteiger partial charge in [-0.1, -0.05) is 35.1 Å². The summed E-state index contributed by atoms with van der Waals surface area (Å²) < 4.78 is 33.9. The van der Waals surface area contributed by atoms with Gasteiger partial charge < -0.3 is 9.63 Å². The van der Waals surface area contributed by atoms with Crippen molar-refractivity contribution in [3.8, 4) is 28.8 Å². The fraction of sp³-hybridized carbons (Fsp3) is 0.0435. The maximum atomic E-state index is 14.2. The molecule has 164 valence electrons. The van der Waals surface area contributed by atoms with Gasteiger partial charge in [0.15, 0.2) is 5.82 Å². The van der Waals surface area contributed by atoms with Gasteiger partial charge in [-0.05, 0) is 36.4 Å². The molecule has 1 N–H and O–H groups in total. The predicted molar refractivity (Wildman–Crippen MR) is 116 cm³/mol. The fourth-order valence-corrected chi connectivity index (χ4v) is 3.94. The minimum absolute atomic E-state index is 0.152. The van der Waals surface area contributed by atoms with Gasteiger partial charge in [0, 0.05) is 22.7 Å². The number of halogens is 2. The summed E-state index contributed by atoms with van der Waals surface area (Å²) in [6.45, 7) is 0.152. The van der Waals surface area contributed by atoms with Gasteiger partial charge in [0.25, 0.3) is 0 Å². The normalized spacial score (nSPS) is 11.1. The first-order chi connectivity index (χ1) is 16.1. The zero-order valence-electron chi connectivity index (χ0n) is 16.9. The van der Waals surface area contributed by atoms with Crippen molar-refractivity contribution in [1.82, 2.24) is 24.9 Å². The highest BCUT2D eigenvalue weighted by atomic mass is 32.2. The zero-order chi connectivity index (χ0) is 22.8. The molecule has 5 aromatic rings. The lowest BCUT2D eigenvalue weighted by molar-refractivity contribution is 0.421. The molecule has 2 aromatic carbocycles. The van der Waals surface area contributed by atoms with E-state index in [1.807, 2.05) is 0 Å². The Morgan fingerprint density at radius 3 is 2.55 bits per heavy atom. The van der Waals surface area contributed by atoms with Crippen LogP contribution in [0.15, 0.2) is 87.4 Å². The molecule has 0 aliphatic rings. The van der Waals surface area contributed by atoms with Crippen LogP contribution in [0.4, 0.5) is 8.78 Å². The third-order valence-electron chi connectivity index (χ3n) is 4.76. The lowest BCUT2D eigenvalue weighted by Gasteiger charge is -2.06. The summed E-state index contributed by atoms with van der Waals surface area (Å²) in [6.07, 6.45) is 2.90. The van der Waals surface area contributed by atoms with E-state index in [-0.39, 0.29) is 29.9 Å². The van der Waals surface area contributed by atoms with E-state index in [1.165, 1.54) is 42.4 Å². The third-order valence-corrected chi connectivity index (χ3v) is 5.78. The summed E-state index contributed by atoms with van der Waals surface area (Å²) in [5.74, 6) is -0.741. The van der Waals surface area contributed by atoms with Gasteiger partial charge in [-0.15, -0.1) is 0 Å². The van der Waals surface area contributed by atoms with Crippen molar-refractivity contribution in [2.75, 3.05) is 0 Å². The van der Waals surface area contributed by atoms with Crippen molar-refractivity contribution in [2.45, 2.75) is 16.3 Å². The standard InChI is InChI=1S/C23H15F2N5O2S/c24-15-5-7-16(8-6-15)33-21-12-26-22(27-23(21)31)19-11-20(18-9-10-32-29-18)30(28-19)13-14-3-1-2-4-17(14)25/h1-12H,13H2,(H,26,27,31). The quantitative estimate of drug-likeness (QED) is 0.371. The second-order valence-corrected chi connectivity index (χ2v) is 8.10. The molecule has 0 saturated carbocycles. The van der Waals surface area contributed by atoms with Gasteiger partial charge in [-0.25, -0.2) is 13.8 Å². The molecular weight excluding hydrogens is 448 g/mol. The van der Waals surface area contributed by atoms with Crippen LogP contribution in [0.1, 0.15) is 5.56 Å². The lowest BCUT2D eigenvalue weighted by Crippen LogP contribution is -2.06. The molecule has 0 saturated heterocycles. The monoisotopic (exact) mass is 463 g/mol. The van der Waals surface area contributed by atoms with Crippen molar-refractivity contribution >= 4 is 11.8 Å². The van der Waals surface area contributed by atoms with Crippen LogP contribution in [0.2, 0.25) is 0 Å². The van der Waals surface area contributed by atoms with Crippen LogP contribution in [0.25, 0.3) is 22.9 Å². The smallest absolute Gasteiger partial charge is 0.228 e. The maximum Gasteiger partial charge on any atom is 0.228 e. The topological polar surface area (TPSA) is 89.9 Å². The van der Waals surface area contributed by atoms with Crippen LogP contribution in [0, 0.1) is 11.6 Å². The molecule has 3 heterocycles. The zero-order valence-corrected chi connectivity index (χ0v) is 17.7. The second-order valence-electron chi connectivity index (χ2n) is 6.99. The lowest BCUT2D eigenvalue weighted by atomic mass is 10.2. The fourth-order valence-electron chi connectivity index (χ4n) is 3.17. The van der Waals surface area contributed by atoms with Crippen LogP contribution < -0.4 is 0 Å². The number of benzene rings is 2. The van der Waals surface area contributed by atoms with Crippen molar-refractivity contribution in [3.63, 3.8) is 0 Å². The van der Waals surface area contributed by atoms with E-state index in [0.717, 1.165) is 4.90 Å². The van der Waals surface area contributed by atoms with Gasteiger partial charge >= 0.3 is 0 Å². The minimum Gasteiger partial charge on any atom is -0.492 e. The first-order valence-corrected chi connectivity index (χ1v) is 10.6. The minimum atomic E-state index is -0.350. The van der Waals surface area contributed by atoms with Crippen molar-refractivity contribution in [2.24, 2.45) is 0 Å². The van der Waals surface area contributed by atoms with Gasteiger partial charge in [-0.3, -0.25) is 4.68 Å². The number of hydrogen-bond acceptors (Lipinski definition) is 7. The van der Waals surface area contributed by atoms with E-state index in [9.17, 15) is 13.9 Å². The first kappa shape index (κ1) is 20.8. The molecule has 0 fully saturated rings. The summed E-state index contributed by atoms with van der Waals surface area (Å²) in [6, 6.07) is 15.7. The molecule has 0 radical (unpaired) electrons. The molecule has 7 nitrogen and oxygen atoms in total. The Bertz CT molecular complexity index is 1410. The van der Waals surface area contributed by atoms with E-state index in [2.05, 4.69) is 20.2 Å². The molecule has 0 amide bonds. The molecule has 0 aliphatic heterocycles. The summed E-state index contributed by atoms with van der Waals surface area (Å²) >= 11 is 1.21. The SMILES string of the molecule is Oc1nc(-c2cc(-c3ccon3)n(Cc3ccccc3F)n2)ncc1Sc1ccc(F)cc1. The molecule has 33 heavy (non-hydrogen) atoms. The Morgan fingerprint density at radius 2 is 1.82 bits per heavy atom. The van der Waals surface area contributed by atoms with Crippen LogP contribution in [0.5, 0.6) is 5.88 Å². The molecule has 3 aromatic heterocycles. The first-order valence-electron chi connectivity index (χ1n) is 9.78. The Hall–Kier alpha value is -4.05. The largest absolute Gasteiger partial charge is 0.492 e. The van der Waals surface area contributed by atoms with Crippen LogP contribution in [0.3, 0.4) is 0 Å². The average Bonchev–Trinajstić information content (AvgIpc) is 3.48. The number of aromatic hydroxyl groups is 1. The number of hydrogen-bond donors (Lipinski definition) is 1. The van der Waals surface area contributed by atoms with E-state index < -0.39 is 0 Å². The van der Waals surface area contributed by atoms with E-state index in [4.69, 9.17) is 4.52 Å². The molecular formula is C23H15F2N5O2S. The average molecular weight is 463 g/mol. The number of rotatable bonds is 6. The molecule has 0 spiro atoms.